The van der Waals surface area contributed by atoms with Gasteiger partial charge in [0.15, 0.2) is 0 Å². The first-order valence-electron chi connectivity index (χ1n) is 8.88. The van der Waals surface area contributed by atoms with Crippen LogP contribution in [0.15, 0.2) is 42.5 Å². The van der Waals surface area contributed by atoms with Gasteiger partial charge in [0.1, 0.15) is 5.75 Å². The van der Waals surface area contributed by atoms with Crippen LogP contribution in [-0.4, -0.2) is 32.1 Å². The fourth-order valence-corrected chi connectivity index (χ4v) is 2.77. The van der Waals surface area contributed by atoms with Crippen molar-refractivity contribution in [2.24, 2.45) is 5.92 Å². The van der Waals surface area contributed by atoms with E-state index in [1.54, 1.807) is 18.2 Å². The molecule has 0 saturated heterocycles. The van der Waals surface area contributed by atoms with Crippen LogP contribution in [0.25, 0.3) is 0 Å². The van der Waals surface area contributed by atoms with E-state index in [1.807, 2.05) is 38.1 Å². The van der Waals surface area contributed by atoms with Crippen LogP contribution in [0.5, 0.6) is 5.75 Å². The van der Waals surface area contributed by atoms with E-state index in [2.05, 4.69) is 5.32 Å². The average molecular weight is 370 g/mol. The Hall–Kier alpha value is -3.02. The predicted octanol–water partition coefficient (Wildman–Crippen LogP) is 2.74. The highest BCUT2D eigenvalue weighted by molar-refractivity contribution is 5.96. The number of hydrogen-bond acceptors (Lipinski definition) is 5. The third-order valence-electron chi connectivity index (χ3n) is 4.27. The first-order valence-corrected chi connectivity index (χ1v) is 8.88. The molecule has 0 saturated carbocycles. The van der Waals surface area contributed by atoms with Gasteiger partial charge in [-0.2, -0.15) is 0 Å². The second kappa shape index (κ2) is 9.62. The van der Waals surface area contributed by atoms with Gasteiger partial charge in [-0.1, -0.05) is 18.2 Å². The standard InChI is InChI=1S/C21H26N2O4/c1-4-27-18-9-6-15(7-10-18)11-16(21(25)26-3)13-23-20(24)19-12-17(22)8-5-14(19)2/h5-10,12,16H,4,11,13,22H2,1-3H3,(H,23,24). The summed E-state index contributed by atoms with van der Waals surface area (Å²) < 4.78 is 10.3. The maximum absolute atomic E-state index is 12.5. The van der Waals surface area contributed by atoms with Gasteiger partial charge in [-0.15, -0.1) is 0 Å². The number of amides is 1. The lowest BCUT2D eigenvalue weighted by molar-refractivity contribution is -0.145. The zero-order valence-electron chi connectivity index (χ0n) is 16.0. The Morgan fingerprint density at radius 3 is 2.48 bits per heavy atom. The monoisotopic (exact) mass is 370 g/mol. The van der Waals surface area contributed by atoms with Gasteiger partial charge in [0.05, 0.1) is 19.6 Å². The largest absolute Gasteiger partial charge is 0.494 e. The summed E-state index contributed by atoms with van der Waals surface area (Å²) in [6, 6.07) is 12.7. The molecule has 0 aromatic heterocycles. The lowest BCUT2D eigenvalue weighted by Gasteiger charge is -2.16. The molecule has 0 heterocycles. The van der Waals surface area contributed by atoms with Gasteiger partial charge in [-0.05, 0) is 55.7 Å². The number of methoxy groups -OCH3 is 1. The van der Waals surface area contributed by atoms with E-state index in [4.69, 9.17) is 15.2 Å². The molecule has 0 aliphatic heterocycles. The summed E-state index contributed by atoms with van der Waals surface area (Å²) >= 11 is 0. The minimum absolute atomic E-state index is 0.174. The summed E-state index contributed by atoms with van der Waals surface area (Å²) in [7, 11) is 1.34. The fourth-order valence-electron chi connectivity index (χ4n) is 2.77. The SMILES string of the molecule is CCOc1ccc(CC(CNC(=O)c2cc(N)ccc2C)C(=O)OC)cc1. The van der Waals surface area contributed by atoms with E-state index in [1.165, 1.54) is 7.11 Å². The van der Waals surface area contributed by atoms with Gasteiger partial charge >= 0.3 is 5.97 Å². The molecule has 2 rings (SSSR count). The average Bonchev–Trinajstić information content (AvgIpc) is 2.67. The maximum Gasteiger partial charge on any atom is 0.310 e. The van der Waals surface area contributed by atoms with E-state index < -0.39 is 5.92 Å². The predicted molar refractivity (Wildman–Crippen MR) is 105 cm³/mol. The number of nitrogens with one attached hydrogen (secondary N) is 1. The molecule has 0 spiro atoms. The third kappa shape index (κ3) is 5.74. The second-order valence-electron chi connectivity index (χ2n) is 6.29. The van der Waals surface area contributed by atoms with Crippen molar-refractivity contribution < 1.29 is 19.1 Å². The van der Waals surface area contributed by atoms with Crippen molar-refractivity contribution in [1.29, 1.82) is 0 Å². The third-order valence-corrected chi connectivity index (χ3v) is 4.27. The number of ether oxygens (including phenoxy) is 2. The summed E-state index contributed by atoms with van der Waals surface area (Å²) in [5, 5.41) is 2.81. The number of esters is 1. The number of benzene rings is 2. The highest BCUT2D eigenvalue weighted by atomic mass is 16.5. The zero-order chi connectivity index (χ0) is 19.8. The molecule has 6 heteroatoms. The van der Waals surface area contributed by atoms with Crippen molar-refractivity contribution in [3.05, 3.63) is 59.2 Å². The van der Waals surface area contributed by atoms with Crippen molar-refractivity contribution in [3.8, 4) is 5.75 Å². The summed E-state index contributed by atoms with van der Waals surface area (Å²) in [4.78, 5) is 24.6. The van der Waals surface area contributed by atoms with Gasteiger partial charge in [0.2, 0.25) is 0 Å². The Balaban J connectivity index is 2.04. The number of aryl methyl sites for hydroxylation is 1. The topological polar surface area (TPSA) is 90.6 Å². The zero-order valence-corrected chi connectivity index (χ0v) is 16.0. The van der Waals surface area contributed by atoms with Crippen LogP contribution in [0.4, 0.5) is 5.69 Å². The van der Waals surface area contributed by atoms with Crippen LogP contribution >= 0.6 is 0 Å². The molecule has 1 unspecified atom stereocenters. The Morgan fingerprint density at radius 2 is 1.85 bits per heavy atom. The number of anilines is 1. The van der Waals surface area contributed by atoms with E-state index in [-0.39, 0.29) is 18.4 Å². The van der Waals surface area contributed by atoms with Crippen LogP contribution in [0, 0.1) is 12.8 Å². The van der Waals surface area contributed by atoms with E-state index in [0.29, 0.717) is 24.3 Å². The number of hydrogen-bond donors (Lipinski definition) is 2. The Morgan fingerprint density at radius 1 is 1.15 bits per heavy atom. The van der Waals surface area contributed by atoms with Gasteiger partial charge in [0, 0.05) is 17.8 Å². The highest BCUT2D eigenvalue weighted by Gasteiger charge is 2.21. The molecule has 27 heavy (non-hydrogen) atoms. The lowest BCUT2D eigenvalue weighted by atomic mass is 9.98. The van der Waals surface area contributed by atoms with E-state index in [0.717, 1.165) is 16.9 Å². The number of carbonyl (C=O) groups is 2. The Bertz CT molecular complexity index is 787. The molecular formula is C21H26N2O4. The Labute approximate surface area is 159 Å². The molecule has 0 aliphatic rings. The fraction of sp³-hybridized carbons (Fsp3) is 0.333. The molecule has 0 radical (unpaired) electrons. The molecular weight excluding hydrogens is 344 g/mol. The minimum Gasteiger partial charge on any atom is -0.494 e. The molecule has 144 valence electrons. The number of nitrogens with two attached hydrogens (primary N) is 1. The molecule has 2 aromatic carbocycles. The van der Waals surface area contributed by atoms with E-state index >= 15 is 0 Å². The summed E-state index contributed by atoms with van der Waals surface area (Å²) in [5.41, 5.74) is 8.56. The highest BCUT2D eigenvalue weighted by Crippen LogP contribution is 2.17. The van der Waals surface area contributed by atoms with Gasteiger partial charge in [-0.25, -0.2) is 0 Å². The molecule has 6 nitrogen and oxygen atoms in total. The van der Waals surface area contributed by atoms with Crippen molar-refractivity contribution in [2.45, 2.75) is 20.3 Å². The van der Waals surface area contributed by atoms with Crippen LogP contribution in [0.2, 0.25) is 0 Å². The molecule has 2 aromatic rings. The Kier molecular flexibility index (Phi) is 7.23. The van der Waals surface area contributed by atoms with E-state index in [9.17, 15) is 9.59 Å². The molecule has 1 atom stereocenters. The van der Waals surface area contributed by atoms with Crippen molar-refractivity contribution in [3.63, 3.8) is 0 Å². The maximum atomic E-state index is 12.5. The quantitative estimate of drug-likeness (QED) is 0.551. The van der Waals surface area contributed by atoms with Crippen LogP contribution in [0.3, 0.4) is 0 Å². The molecule has 0 bridgehead atoms. The molecule has 3 N–H and O–H groups in total. The normalized spacial score (nSPS) is 11.5. The number of rotatable bonds is 8. The van der Waals surface area contributed by atoms with Crippen LogP contribution in [0.1, 0.15) is 28.4 Å². The lowest BCUT2D eigenvalue weighted by Crippen LogP contribution is -2.35. The van der Waals surface area contributed by atoms with Crippen molar-refractivity contribution in [1.82, 2.24) is 5.32 Å². The number of nitrogen functional groups attached to an aromatic ring is 1. The van der Waals surface area contributed by atoms with Gasteiger partial charge < -0.3 is 20.5 Å². The summed E-state index contributed by atoms with van der Waals surface area (Å²) in [6.45, 7) is 4.53. The molecule has 0 aliphatic carbocycles. The van der Waals surface area contributed by atoms with Crippen molar-refractivity contribution in [2.75, 3.05) is 26.0 Å². The van der Waals surface area contributed by atoms with Crippen molar-refractivity contribution >= 4 is 17.6 Å². The first-order chi connectivity index (χ1) is 12.9. The van der Waals surface area contributed by atoms with Gasteiger partial charge in [-0.3, -0.25) is 9.59 Å². The second-order valence-corrected chi connectivity index (χ2v) is 6.29. The molecule has 1 amide bonds. The van der Waals surface area contributed by atoms with Crippen LogP contribution < -0.4 is 15.8 Å². The summed E-state index contributed by atoms with van der Waals surface area (Å²) in [6.07, 6.45) is 0.454. The smallest absolute Gasteiger partial charge is 0.310 e. The first kappa shape index (κ1) is 20.3. The number of carbonyl (C=O) groups excluding carboxylic acids is 2. The minimum atomic E-state index is -0.488. The van der Waals surface area contributed by atoms with Crippen LogP contribution in [-0.2, 0) is 16.0 Å². The summed E-state index contributed by atoms with van der Waals surface area (Å²) in [5.74, 6) is -0.339. The molecule has 0 fully saturated rings. The van der Waals surface area contributed by atoms with Gasteiger partial charge in [0.25, 0.3) is 5.91 Å².